The van der Waals surface area contributed by atoms with Gasteiger partial charge in [-0.25, -0.2) is 10.2 Å². The van der Waals surface area contributed by atoms with Gasteiger partial charge >= 0.3 is 6.09 Å². The van der Waals surface area contributed by atoms with Crippen molar-refractivity contribution in [1.82, 2.24) is 10.9 Å². The van der Waals surface area contributed by atoms with Crippen LogP contribution in [0.15, 0.2) is 11.6 Å². The van der Waals surface area contributed by atoms with Gasteiger partial charge in [-0.3, -0.25) is 5.43 Å². The van der Waals surface area contributed by atoms with Crippen molar-refractivity contribution in [2.45, 2.75) is 53.1 Å². The SMILES string of the molecule is C/C=C(\CCC)CNNC(=O)OC(C)(C)C. The third kappa shape index (κ3) is 8.29. The fourth-order valence-corrected chi connectivity index (χ4v) is 1.19. The van der Waals surface area contributed by atoms with E-state index in [0.29, 0.717) is 6.54 Å². The Kier molecular flexibility index (Phi) is 6.81. The zero-order valence-electron chi connectivity index (χ0n) is 11.0. The number of ether oxygens (including phenoxy) is 1. The summed E-state index contributed by atoms with van der Waals surface area (Å²) in [7, 11) is 0. The molecule has 0 fully saturated rings. The lowest BCUT2D eigenvalue weighted by Crippen LogP contribution is -2.41. The topological polar surface area (TPSA) is 50.4 Å². The fraction of sp³-hybridized carbons (Fsp3) is 0.750. The predicted octanol–water partition coefficient (Wildman–Crippen LogP) is 2.76. The van der Waals surface area contributed by atoms with E-state index >= 15 is 0 Å². The van der Waals surface area contributed by atoms with Crippen LogP contribution in [-0.4, -0.2) is 18.2 Å². The van der Waals surface area contributed by atoms with Crippen LogP contribution in [0, 0.1) is 0 Å². The highest BCUT2D eigenvalue weighted by atomic mass is 16.6. The fourth-order valence-electron chi connectivity index (χ4n) is 1.19. The molecule has 0 radical (unpaired) electrons. The van der Waals surface area contributed by atoms with Crippen molar-refractivity contribution in [3.8, 4) is 0 Å². The van der Waals surface area contributed by atoms with Crippen LogP contribution < -0.4 is 10.9 Å². The van der Waals surface area contributed by atoms with Crippen molar-refractivity contribution in [2.24, 2.45) is 0 Å². The third-order valence-corrected chi connectivity index (χ3v) is 1.88. The first-order valence-corrected chi connectivity index (χ1v) is 5.75. The van der Waals surface area contributed by atoms with E-state index in [1.165, 1.54) is 5.57 Å². The second kappa shape index (κ2) is 7.28. The maximum atomic E-state index is 11.3. The van der Waals surface area contributed by atoms with Crippen molar-refractivity contribution in [3.05, 3.63) is 11.6 Å². The van der Waals surface area contributed by atoms with Gasteiger partial charge in [-0.15, -0.1) is 0 Å². The average molecular weight is 228 g/mol. The van der Waals surface area contributed by atoms with Crippen LogP contribution in [-0.2, 0) is 4.74 Å². The molecular weight excluding hydrogens is 204 g/mol. The lowest BCUT2D eigenvalue weighted by atomic mass is 10.1. The molecule has 0 aromatic heterocycles. The molecule has 0 atom stereocenters. The third-order valence-electron chi connectivity index (χ3n) is 1.88. The summed E-state index contributed by atoms with van der Waals surface area (Å²) in [6.07, 6.45) is 3.76. The minimum absolute atomic E-state index is 0.445. The molecular formula is C12H24N2O2. The summed E-state index contributed by atoms with van der Waals surface area (Å²) in [5.74, 6) is 0. The molecule has 0 aliphatic carbocycles. The molecule has 0 bridgehead atoms. The minimum Gasteiger partial charge on any atom is -0.443 e. The normalized spacial score (nSPS) is 12.4. The van der Waals surface area contributed by atoms with Gasteiger partial charge in [-0.05, 0) is 34.1 Å². The number of nitrogens with one attached hydrogen (secondary N) is 2. The molecule has 0 spiro atoms. The van der Waals surface area contributed by atoms with Crippen LogP contribution in [0.5, 0.6) is 0 Å². The van der Waals surface area contributed by atoms with Crippen molar-refractivity contribution in [3.63, 3.8) is 0 Å². The smallest absolute Gasteiger partial charge is 0.422 e. The zero-order valence-corrected chi connectivity index (χ0v) is 11.0. The van der Waals surface area contributed by atoms with Gasteiger partial charge < -0.3 is 4.74 Å². The molecule has 94 valence electrons. The van der Waals surface area contributed by atoms with E-state index in [4.69, 9.17) is 4.74 Å². The molecule has 4 heteroatoms. The summed E-state index contributed by atoms with van der Waals surface area (Å²) < 4.78 is 5.08. The first kappa shape index (κ1) is 15.0. The lowest BCUT2D eigenvalue weighted by molar-refractivity contribution is 0.0500. The van der Waals surface area contributed by atoms with Gasteiger partial charge in [0.05, 0.1) is 0 Å². The molecule has 0 rings (SSSR count). The van der Waals surface area contributed by atoms with Crippen LogP contribution >= 0.6 is 0 Å². The standard InChI is InChI=1S/C12H24N2O2/c1-6-8-10(7-2)9-13-14-11(15)16-12(3,4)5/h7,13H,6,8-9H2,1-5H3,(H,14,15)/b10-7+. The minimum atomic E-state index is -0.460. The second-order valence-electron chi connectivity index (χ2n) is 4.68. The summed E-state index contributed by atoms with van der Waals surface area (Å²) >= 11 is 0. The van der Waals surface area contributed by atoms with Crippen molar-refractivity contribution in [1.29, 1.82) is 0 Å². The number of carbonyl (C=O) groups is 1. The van der Waals surface area contributed by atoms with Gasteiger partial charge in [-0.1, -0.05) is 25.0 Å². The van der Waals surface area contributed by atoms with Crippen LogP contribution in [0.1, 0.15) is 47.5 Å². The predicted molar refractivity (Wildman–Crippen MR) is 66.0 cm³/mol. The number of allylic oxidation sites excluding steroid dienone is 1. The van der Waals surface area contributed by atoms with Gasteiger partial charge in [0.25, 0.3) is 0 Å². The molecule has 0 heterocycles. The van der Waals surface area contributed by atoms with Crippen molar-refractivity contribution < 1.29 is 9.53 Å². The van der Waals surface area contributed by atoms with E-state index in [1.54, 1.807) is 0 Å². The molecule has 0 unspecified atom stereocenters. The lowest BCUT2D eigenvalue weighted by Gasteiger charge is -2.20. The van der Waals surface area contributed by atoms with Crippen molar-refractivity contribution >= 4 is 6.09 Å². The Morgan fingerprint density at radius 2 is 2.00 bits per heavy atom. The van der Waals surface area contributed by atoms with Gasteiger partial charge in [0.15, 0.2) is 0 Å². The molecule has 2 N–H and O–H groups in total. The summed E-state index contributed by atoms with van der Waals surface area (Å²) in [4.78, 5) is 11.3. The first-order chi connectivity index (χ1) is 7.39. The molecule has 0 aromatic carbocycles. The Hall–Kier alpha value is -1.03. The van der Waals surface area contributed by atoms with Crippen LogP contribution in [0.3, 0.4) is 0 Å². The zero-order chi connectivity index (χ0) is 12.6. The molecule has 0 aromatic rings. The van der Waals surface area contributed by atoms with E-state index in [0.717, 1.165) is 12.8 Å². The highest BCUT2D eigenvalue weighted by Crippen LogP contribution is 2.06. The first-order valence-electron chi connectivity index (χ1n) is 5.75. The quantitative estimate of drug-likeness (QED) is 0.562. The van der Waals surface area contributed by atoms with Crippen molar-refractivity contribution in [2.75, 3.05) is 6.54 Å². The summed E-state index contributed by atoms with van der Waals surface area (Å²) in [6, 6.07) is 0. The second-order valence-corrected chi connectivity index (χ2v) is 4.68. The summed E-state index contributed by atoms with van der Waals surface area (Å²) in [5.41, 5.74) is 6.18. The highest BCUT2D eigenvalue weighted by Gasteiger charge is 2.15. The Balaban J connectivity index is 3.77. The molecule has 4 nitrogen and oxygen atoms in total. The maximum absolute atomic E-state index is 11.3. The van der Waals surface area contributed by atoms with E-state index in [2.05, 4.69) is 23.9 Å². The monoisotopic (exact) mass is 228 g/mol. The van der Waals surface area contributed by atoms with Gasteiger partial charge in [0, 0.05) is 6.54 Å². The molecule has 16 heavy (non-hydrogen) atoms. The number of hydrogen-bond acceptors (Lipinski definition) is 3. The van der Waals surface area contributed by atoms with E-state index in [1.807, 2.05) is 27.7 Å². The molecule has 1 amide bonds. The molecule has 0 saturated carbocycles. The highest BCUT2D eigenvalue weighted by molar-refractivity contribution is 5.67. The van der Waals surface area contributed by atoms with E-state index in [9.17, 15) is 4.79 Å². The van der Waals surface area contributed by atoms with E-state index in [-0.39, 0.29) is 0 Å². The maximum Gasteiger partial charge on any atom is 0.422 e. The Labute approximate surface area is 98.4 Å². The number of hydrazine groups is 1. The number of hydrogen-bond donors (Lipinski definition) is 2. The Morgan fingerprint density at radius 1 is 1.38 bits per heavy atom. The summed E-state index contributed by atoms with van der Waals surface area (Å²) in [6.45, 7) is 10.3. The van der Waals surface area contributed by atoms with E-state index < -0.39 is 11.7 Å². The van der Waals surface area contributed by atoms with Gasteiger partial charge in [0.2, 0.25) is 0 Å². The van der Waals surface area contributed by atoms with Crippen LogP contribution in [0.2, 0.25) is 0 Å². The largest absolute Gasteiger partial charge is 0.443 e. The number of rotatable bonds is 5. The Bertz CT molecular complexity index is 242. The van der Waals surface area contributed by atoms with Gasteiger partial charge in [-0.2, -0.15) is 0 Å². The number of carbonyl (C=O) groups excluding carboxylic acids is 1. The molecule has 0 saturated heterocycles. The van der Waals surface area contributed by atoms with Crippen LogP contribution in [0.4, 0.5) is 4.79 Å². The summed E-state index contributed by atoms with van der Waals surface area (Å²) in [5, 5.41) is 0. The number of amides is 1. The molecule has 0 aliphatic heterocycles. The average Bonchev–Trinajstić information content (AvgIpc) is 2.13. The molecule has 0 aliphatic rings. The van der Waals surface area contributed by atoms with Crippen LogP contribution in [0.25, 0.3) is 0 Å². The Morgan fingerprint density at radius 3 is 2.44 bits per heavy atom. The van der Waals surface area contributed by atoms with Gasteiger partial charge in [0.1, 0.15) is 5.60 Å².